The highest BCUT2D eigenvalue weighted by Gasteiger charge is 2.27. The smallest absolute Gasteiger partial charge is 0.155 e. The molecule has 1 N–H and O–H groups in total. The number of methoxy groups -OCH3 is 1. The second-order valence-electron chi connectivity index (χ2n) is 7.34. The molecule has 1 aromatic heterocycles. The van der Waals surface area contributed by atoms with Gasteiger partial charge >= 0.3 is 0 Å². The molecule has 1 saturated carbocycles. The van der Waals surface area contributed by atoms with Gasteiger partial charge in [0.15, 0.2) is 5.82 Å². The summed E-state index contributed by atoms with van der Waals surface area (Å²) in [5, 5.41) is 8.44. The summed E-state index contributed by atoms with van der Waals surface area (Å²) in [4.78, 5) is 4.99. The summed E-state index contributed by atoms with van der Waals surface area (Å²) in [6.45, 7) is 2.13. The van der Waals surface area contributed by atoms with Gasteiger partial charge in [0, 0.05) is 18.9 Å². The third kappa shape index (κ3) is 3.71. The van der Waals surface area contributed by atoms with Crippen molar-refractivity contribution in [1.29, 1.82) is 0 Å². The highest BCUT2D eigenvalue weighted by Crippen LogP contribution is 2.32. The lowest BCUT2D eigenvalue weighted by molar-refractivity contribution is 0.315. The van der Waals surface area contributed by atoms with Crippen molar-refractivity contribution in [2.24, 2.45) is 0 Å². The van der Waals surface area contributed by atoms with E-state index in [1.165, 1.54) is 49.9 Å². The first kappa shape index (κ1) is 16.6. The predicted octanol–water partition coefficient (Wildman–Crippen LogP) is 3.46. The van der Waals surface area contributed by atoms with Crippen LogP contribution >= 0.6 is 0 Å². The Hall–Kier alpha value is -1.88. The molecule has 2 fully saturated rings. The van der Waals surface area contributed by atoms with Gasteiger partial charge in [0.05, 0.1) is 13.2 Å². The van der Waals surface area contributed by atoms with E-state index in [1.54, 1.807) is 7.11 Å². The van der Waals surface area contributed by atoms with Gasteiger partial charge in [0.2, 0.25) is 0 Å². The minimum atomic E-state index is 0.513. The summed E-state index contributed by atoms with van der Waals surface area (Å²) >= 11 is 0. The van der Waals surface area contributed by atoms with Crippen molar-refractivity contribution in [2.45, 2.75) is 56.9 Å². The Kier molecular flexibility index (Phi) is 5.02. The Bertz CT molecular complexity index is 682. The van der Waals surface area contributed by atoms with Gasteiger partial charge in [-0.25, -0.2) is 9.67 Å². The molecule has 0 bridgehead atoms. The Morgan fingerprint density at radius 3 is 2.60 bits per heavy atom. The summed E-state index contributed by atoms with van der Waals surface area (Å²) < 4.78 is 7.53. The Morgan fingerprint density at radius 1 is 1.12 bits per heavy atom. The van der Waals surface area contributed by atoms with Crippen molar-refractivity contribution in [1.82, 2.24) is 20.1 Å². The number of benzene rings is 1. The van der Waals surface area contributed by atoms with E-state index in [9.17, 15) is 0 Å². The fourth-order valence-corrected chi connectivity index (χ4v) is 4.13. The number of rotatable bonds is 5. The lowest BCUT2D eigenvalue weighted by atomic mass is 9.95. The standard InChI is InChI=1S/C20H28N4O/c1-25-18-9-7-15(8-10-18)13-19-22-20(16-11-12-21-14-16)24(23-19)17-5-3-2-4-6-17/h7-10,16-17,21H,2-6,11-14H2,1H3. The SMILES string of the molecule is COc1ccc(Cc2nc(C3CCNC3)n(C3CCCCC3)n2)cc1. The van der Waals surface area contributed by atoms with Crippen LogP contribution in [0.5, 0.6) is 5.75 Å². The molecule has 0 radical (unpaired) electrons. The molecular weight excluding hydrogens is 312 g/mol. The van der Waals surface area contributed by atoms with E-state index in [2.05, 4.69) is 22.1 Å². The first-order chi connectivity index (χ1) is 12.3. The second-order valence-corrected chi connectivity index (χ2v) is 7.34. The summed E-state index contributed by atoms with van der Waals surface area (Å²) in [6.07, 6.45) is 8.47. The van der Waals surface area contributed by atoms with Crippen LogP contribution in [0.2, 0.25) is 0 Å². The van der Waals surface area contributed by atoms with Gasteiger partial charge in [-0.15, -0.1) is 0 Å². The van der Waals surface area contributed by atoms with Gasteiger partial charge in [-0.3, -0.25) is 0 Å². The van der Waals surface area contributed by atoms with Crippen LogP contribution in [0, 0.1) is 0 Å². The predicted molar refractivity (Wildman–Crippen MR) is 98.2 cm³/mol. The molecule has 1 aliphatic carbocycles. The molecule has 1 aliphatic heterocycles. The molecule has 4 rings (SSSR count). The Morgan fingerprint density at radius 2 is 1.92 bits per heavy atom. The molecule has 0 amide bonds. The summed E-state index contributed by atoms with van der Waals surface area (Å²) in [5.74, 6) is 3.57. The molecule has 2 aliphatic rings. The number of nitrogens with zero attached hydrogens (tertiary/aromatic N) is 3. The maximum atomic E-state index is 5.25. The highest BCUT2D eigenvalue weighted by atomic mass is 16.5. The van der Waals surface area contributed by atoms with Gasteiger partial charge in [0.25, 0.3) is 0 Å². The maximum Gasteiger partial charge on any atom is 0.155 e. The first-order valence-electron chi connectivity index (χ1n) is 9.62. The van der Waals surface area contributed by atoms with E-state index in [1.807, 2.05) is 12.1 Å². The van der Waals surface area contributed by atoms with Crippen LogP contribution in [0.25, 0.3) is 0 Å². The molecular formula is C20H28N4O. The van der Waals surface area contributed by atoms with Crippen molar-refractivity contribution in [2.75, 3.05) is 20.2 Å². The minimum Gasteiger partial charge on any atom is -0.497 e. The third-order valence-corrected chi connectivity index (χ3v) is 5.57. The lowest BCUT2D eigenvalue weighted by Crippen LogP contribution is -2.20. The van der Waals surface area contributed by atoms with Crippen LogP contribution in [-0.4, -0.2) is 35.0 Å². The highest BCUT2D eigenvalue weighted by molar-refractivity contribution is 5.29. The molecule has 1 atom stereocenters. The number of nitrogens with one attached hydrogen (secondary N) is 1. The zero-order chi connectivity index (χ0) is 17.1. The topological polar surface area (TPSA) is 52.0 Å². The molecule has 25 heavy (non-hydrogen) atoms. The van der Waals surface area contributed by atoms with E-state index < -0.39 is 0 Å². The van der Waals surface area contributed by atoms with Crippen molar-refractivity contribution in [3.05, 3.63) is 41.5 Å². The van der Waals surface area contributed by atoms with Crippen molar-refractivity contribution in [3.63, 3.8) is 0 Å². The summed E-state index contributed by atoms with van der Waals surface area (Å²) in [7, 11) is 1.70. The van der Waals surface area contributed by atoms with E-state index >= 15 is 0 Å². The minimum absolute atomic E-state index is 0.513. The van der Waals surface area contributed by atoms with Crippen LogP contribution in [0.3, 0.4) is 0 Å². The molecule has 0 spiro atoms. The normalized spacial score (nSPS) is 21.6. The molecule has 1 saturated heterocycles. The second kappa shape index (κ2) is 7.56. The molecule has 1 unspecified atom stereocenters. The van der Waals surface area contributed by atoms with Crippen LogP contribution < -0.4 is 10.1 Å². The van der Waals surface area contributed by atoms with Crippen LogP contribution in [0.1, 0.15) is 67.7 Å². The first-order valence-corrected chi connectivity index (χ1v) is 9.62. The van der Waals surface area contributed by atoms with Crippen molar-refractivity contribution >= 4 is 0 Å². The fourth-order valence-electron chi connectivity index (χ4n) is 4.13. The molecule has 2 aromatic rings. The average Bonchev–Trinajstić information content (AvgIpc) is 3.33. The van der Waals surface area contributed by atoms with E-state index in [4.69, 9.17) is 14.8 Å². The molecule has 134 valence electrons. The quantitative estimate of drug-likeness (QED) is 0.906. The van der Waals surface area contributed by atoms with E-state index in [-0.39, 0.29) is 0 Å². The summed E-state index contributed by atoms with van der Waals surface area (Å²) in [5.41, 5.74) is 1.23. The Balaban J connectivity index is 1.58. The zero-order valence-corrected chi connectivity index (χ0v) is 15.1. The third-order valence-electron chi connectivity index (χ3n) is 5.57. The molecule has 5 nitrogen and oxygen atoms in total. The Labute approximate surface area is 149 Å². The molecule has 2 heterocycles. The lowest BCUT2D eigenvalue weighted by Gasteiger charge is -2.24. The fraction of sp³-hybridized carbons (Fsp3) is 0.600. The van der Waals surface area contributed by atoms with Crippen molar-refractivity contribution < 1.29 is 4.74 Å². The summed E-state index contributed by atoms with van der Waals surface area (Å²) in [6, 6.07) is 8.78. The van der Waals surface area contributed by atoms with Gasteiger partial charge in [0.1, 0.15) is 11.6 Å². The largest absolute Gasteiger partial charge is 0.497 e. The maximum absolute atomic E-state index is 5.25. The number of aromatic nitrogens is 3. The number of ether oxygens (including phenoxy) is 1. The number of hydrogen-bond donors (Lipinski definition) is 1. The van der Waals surface area contributed by atoms with Gasteiger partial charge in [-0.05, 0) is 43.5 Å². The van der Waals surface area contributed by atoms with E-state index in [0.717, 1.165) is 31.1 Å². The number of hydrogen-bond acceptors (Lipinski definition) is 4. The zero-order valence-electron chi connectivity index (χ0n) is 15.1. The van der Waals surface area contributed by atoms with Gasteiger partial charge in [-0.1, -0.05) is 31.4 Å². The van der Waals surface area contributed by atoms with Gasteiger partial charge < -0.3 is 10.1 Å². The average molecular weight is 340 g/mol. The molecule has 1 aromatic carbocycles. The van der Waals surface area contributed by atoms with Crippen LogP contribution in [-0.2, 0) is 6.42 Å². The molecule has 5 heteroatoms. The van der Waals surface area contributed by atoms with Crippen LogP contribution in [0.4, 0.5) is 0 Å². The van der Waals surface area contributed by atoms with Gasteiger partial charge in [-0.2, -0.15) is 5.10 Å². The monoisotopic (exact) mass is 340 g/mol. The van der Waals surface area contributed by atoms with E-state index in [0.29, 0.717) is 12.0 Å². The van der Waals surface area contributed by atoms with Crippen molar-refractivity contribution in [3.8, 4) is 5.75 Å². The van der Waals surface area contributed by atoms with Crippen LogP contribution in [0.15, 0.2) is 24.3 Å².